The molecule has 2 amide bonds. The molecule has 8 nitrogen and oxygen atoms in total. The van der Waals surface area contributed by atoms with E-state index in [1.165, 1.54) is 6.33 Å². The van der Waals surface area contributed by atoms with Gasteiger partial charge in [-0.3, -0.25) is 14.9 Å². The molecule has 3 rings (SSSR count). The van der Waals surface area contributed by atoms with E-state index < -0.39 is 6.04 Å². The Labute approximate surface area is 121 Å². The van der Waals surface area contributed by atoms with Gasteiger partial charge in [0.2, 0.25) is 11.8 Å². The topological polar surface area (TPSA) is 101 Å². The molecule has 1 aliphatic rings. The highest BCUT2D eigenvalue weighted by Crippen LogP contribution is 2.16. The minimum atomic E-state index is -0.452. The lowest BCUT2D eigenvalue weighted by atomic mass is 10.1. The van der Waals surface area contributed by atoms with E-state index in [9.17, 15) is 9.59 Å². The van der Waals surface area contributed by atoms with Gasteiger partial charge in [-0.15, -0.1) is 0 Å². The summed E-state index contributed by atoms with van der Waals surface area (Å²) in [7, 11) is 0. The number of nitrogens with zero attached hydrogens (tertiary/aromatic N) is 4. The van der Waals surface area contributed by atoms with Gasteiger partial charge in [0, 0.05) is 18.2 Å². The number of aryl methyl sites for hydroxylation is 1. The Balaban J connectivity index is 1.90. The Kier molecular flexibility index (Phi) is 3.51. The number of aromatic nitrogens is 4. The highest BCUT2D eigenvalue weighted by Gasteiger charge is 2.27. The van der Waals surface area contributed by atoms with Crippen LogP contribution in [0.4, 0.5) is 5.82 Å². The van der Waals surface area contributed by atoms with E-state index in [0.29, 0.717) is 24.4 Å². The van der Waals surface area contributed by atoms with Crippen LogP contribution in [0.1, 0.15) is 31.9 Å². The molecule has 0 radical (unpaired) electrons. The molecular weight excluding hydrogens is 272 g/mol. The lowest BCUT2D eigenvalue weighted by molar-refractivity contribution is -0.133. The summed E-state index contributed by atoms with van der Waals surface area (Å²) in [5.74, 6) is 0.616. The van der Waals surface area contributed by atoms with Crippen LogP contribution in [0, 0.1) is 0 Å². The van der Waals surface area contributed by atoms with E-state index in [-0.39, 0.29) is 11.8 Å². The van der Waals surface area contributed by atoms with Gasteiger partial charge in [0.25, 0.3) is 5.78 Å². The first-order valence-corrected chi connectivity index (χ1v) is 6.97. The van der Waals surface area contributed by atoms with Crippen molar-refractivity contribution in [3.8, 4) is 0 Å². The van der Waals surface area contributed by atoms with Gasteiger partial charge in [-0.1, -0.05) is 13.3 Å². The number of fused-ring (bicyclic) bond motifs is 1. The monoisotopic (exact) mass is 288 g/mol. The third-order valence-corrected chi connectivity index (χ3v) is 3.37. The van der Waals surface area contributed by atoms with Crippen LogP contribution < -0.4 is 10.6 Å². The Hall–Kier alpha value is -2.51. The molecule has 0 aromatic carbocycles. The van der Waals surface area contributed by atoms with Crippen LogP contribution in [0.2, 0.25) is 0 Å². The van der Waals surface area contributed by atoms with Gasteiger partial charge in [-0.05, 0) is 12.8 Å². The molecule has 0 aliphatic carbocycles. The lowest BCUT2D eigenvalue weighted by Crippen LogP contribution is -2.47. The van der Waals surface area contributed by atoms with Crippen LogP contribution in [-0.2, 0) is 16.0 Å². The summed E-state index contributed by atoms with van der Waals surface area (Å²) in [6.07, 6.45) is 4.01. The number of piperidine rings is 1. The van der Waals surface area contributed by atoms with Crippen LogP contribution in [0.3, 0.4) is 0 Å². The number of rotatable bonds is 4. The standard InChI is InChI=1S/C13H16N6O2/c1-2-3-8-6-10(19-13(16-8)14-7-15-19)17-9-4-5-11(20)18-12(9)21/h6-7,9,17H,2-5H2,1H3,(H,18,20,21)/t9-/m0/s1. The highest BCUT2D eigenvalue weighted by molar-refractivity contribution is 6.01. The molecule has 8 heteroatoms. The van der Waals surface area contributed by atoms with Gasteiger partial charge in [0.15, 0.2) is 0 Å². The molecule has 110 valence electrons. The maximum Gasteiger partial charge on any atom is 0.254 e. The second-order valence-corrected chi connectivity index (χ2v) is 5.00. The van der Waals surface area contributed by atoms with Crippen molar-refractivity contribution < 1.29 is 9.59 Å². The maximum absolute atomic E-state index is 11.8. The molecule has 2 N–H and O–H groups in total. The van der Waals surface area contributed by atoms with Crippen molar-refractivity contribution in [2.45, 2.75) is 38.6 Å². The van der Waals surface area contributed by atoms with Crippen molar-refractivity contribution in [3.05, 3.63) is 18.1 Å². The zero-order valence-corrected chi connectivity index (χ0v) is 11.7. The summed E-state index contributed by atoms with van der Waals surface area (Å²) in [4.78, 5) is 31.5. The Morgan fingerprint density at radius 2 is 2.33 bits per heavy atom. The molecule has 21 heavy (non-hydrogen) atoms. The largest absolute Gasteiger partial charge is 0.358 e. The Morgan fingerprint density at radius 3 is 3.10 bits per heavy atom. The molecule has 1 aliphatic heterocycles. The summed E-state index contributed by atoms with van der Waals surface area (Å²) < 4.78 is 1.56. The van der Waals surface area contributed by atoms with E-state index >= 15 is 0 Å². The van der Waals surface area contributed by atoms with Crippen molar-refractivity contribution >= 4 is 23.4 Å². The fourth-order valence-electron chi connectivity index (χ4n) is 2.36. The maximum atomic E-state index is 11.8. The summed E-state index contributed by atoms with van der Waals surface area (Å²) >= 11 is 0. The fraction of sp³-hybridized carbons (Fsp3) is 0.462. The number of hydrogen-bond acceptors (Lipinski definition) is 6. The SMILES string of the molecule is CCCc1cc(N[C@H]2CCC(=O)NC2=O)n2ncnc2n1. The smallest absolute Gasteiger partial charge is 0.254 e. The molecule has 0 bridgehead atoms. The summed E-state index contributed by atoms with van der Waals surface area (Å²) in [5, 5.41) is 9.57. The lowest BCUT2D eigenvalue weighted by Gasteiger charge is -2.23. The van der Waals surface area contributed by atoms with E-state index in [1.807, 2.05) is 6.07 Å². The van der Waals surface area contributed by atoms with Crippen LogP contribution in [0.15, 0.2) is 12.4 Å². The van der Waals surface area contributed by atoms with Gasteiger partial charge in [-0.2, -0.15) is 14.6 Å². The predicted octanol–water partition coefficient (Wildman–Crippen LogP) is 0.294. The normalized spacial score (nSPS) is 18.8. The number of carbonyl (C=O) groups is 2. The average molecular weight is 288 g/mol. The molecule has 1 atom stereocenters. The average Bonchev–Trinajstić information content (AvgIpc) is 2.91. The highest BCUT2D eigenvalue weighted by atomic mass is 16.2. The first-order chi connectivity index (χ1) is 10.2. The second-order valence-electron chi connectivity index (χ2n) is 5.00. The number of imide groups is 1. The minimum absolute atomic E-state index is 0.231. The number of carbonyl (C=O) groups excluding carboxylic acids is 2. The van der Waals surface area contributed by atoms with Crippen molar-refractivity contribution in [2.75, 3.05) is 5.32 Å². The molecule has 1 fully saturated rings. The van der Waals surface area contributed by atoms with E-state index in [0.717, 1.165) is 18.5 Å². The van der Waals surface area contributed by atoms with Gasteiger partial charge in [-0.25, -0.2) is 4.98 Å². The zero-order chi connectivity index (χ0) is 14.8. The van der Waals surface area contributed by atoms with Crippen LogP contribution in [-0.4, -0.2) is 37.4 Å². The van der Waals surface area contributed by atoms with Crippen molar-refractivity contribution in [1.82, 2.24) is 24.9 Å². The van der Waals surface area contributed by atoms with E-state index in [1.54, 1.807) is 4.52 Å². The van der Waals surface area contributed by atoms with Crippen molar-refractivity contribution in [3.63, 3.8) is 0 Å². The van der Waals surface area contributed by atoms with Gasteiger partial charge in [0.1, 0.15) is 18.2 Å². The summed E-state index contributed by atoms with van der Waals surface area (Å²) in [5.41, 5.74) is 0.896. The predicted molar refractivity (Wildman–Crippen MR) is 74.6 cm³/mol. The molecule has 1 saturated heterocycles. The van der Waals surface area contributed by atoms with Crippen LogP contribution >= 0.6 is 0 Å². The number of amides is 2. The van der Waals surface area contributed by atoms with Crippen LogP contribution in [0.25, 0.3) is 5.78 Å². The first-order valence-electron chi connectivity index (χ1n) is 6.97. The number of nitrogens with one attached hydrogen (secondary N) is 2. The molecule has 2 aromatic heterocycles. The fourth-order valence-corrected chi connectivity index (χ4v) is 2.36. The van der Waals surface area contributed by atoms with Gasteiger partial charge >= 0.3 is 0 Å². The number of anilines is 1. The van der Waals surface area contributed by atoms with Gasteiger partial charge in [0.05, 0.1) is 0 Å². The summed E-state index contributed by atoms with van der Waals surface area (Å²) in [6, 6.07) is 1.42. The minimum Gasteiger partial charge on any atom is -0.358 e. The molecule has 0 spiro atoms. The molecule has 0 saturated carbocycles. The van der Waals surface area contributed by atoms with Crippen molar-refractivity contribution in [2.24, 2.45) is 0 Å². The Bertz CT molecular complexity index is 695. The molecule has 0 unspecified atom stereocenters. The van der Waals surface area contributed by atoms with E-state index in [2.05, 4.69) is 32.6 Å². The quantitative estimate of drug-likeness (QED) is 0.784. The molecule has 2 aromatic rings. The first kappa shape index (κ1) is 13.5. The third-order valence-electron chi connectivity index (χ3n) is 3.37. The number of hydrogen-bond donors (Lipinski definition) is 2. The zero-order valence-electron chi connectivity index (χ0n) is 11.7. The molecule has 3 heterocycles. The Morgan fingerprint density at radius 1 is 1.48 bits per heavy atom. The van der Waals surface area contributed by atoms with Crippen LogP contribution in [0.5, 0.6) is 0 Å². The second kappa shape index (κ2) is 5.47. The van der Waals surface area contributed by atoms with Gasteiger partial charge < -0.3 is 5.32 Å². The van der Waals surface area contributed by atoms with E-state index in [4.69, 9.17) is 0 Å². The third kappa shape index (κ3) is 2.69. The summed E-state index contributed by atoms with van der Waals surface area (Å²) in [6.45, 7) is 2.07. The van der Waals surface area contributed by atoms with Crippen molar-refractivity contribution in [1.29, 1.82) is 0 Å². The molecular formula is C13H16N6O2.